The Labute approximate surface area is 178 Å². The fourth-order valence-corrected chi connectivity index (χ4v) is 3.63. The first-order chi connectivity index (χ1) is 14.9. The van der Waals surface area contributed by atoms with Crippen LogP contribution in [0.4, 0.5) is 10.3 Å². The van der Waals surface area contributed by atoms with E-state index in [0.717, 1.165) is 18.2 Å². The van der Waals surface area contributed by atoms with Crippen LogP contribution < -0.4 is 16.2 Å². The maximum absolute atomic E-state index is 14.3. The van der Waals surface area contributed by atoms with E-state index in [1.807, 2.05) is 11.0 Å². The lowest BCUT2D eigenvalue weighted by Gasteiger charge is -2.27. The van der Waals surface area contributed by atoms with Gasteiger partial charge in [-0.3, -0.25) is 19.1 Å². The molecule has 160 valence electrons. The SMILES string of the molecule is Cn1c(N2CCCO[C@@H](c3cccc(C(N)=O)c3)C2)nc(-c2ccncc2F)cc1=O. The molecule has 1 saturated heterocycles. The normalized spacial score (nSPS) is 16.7. The van der Waals surface area contributed by atoms with E-state index in [4.69, 9.17) is 10.5 Å². The molecule has 2 N–H and O–H groups in total. The third-order valence-electron chi connectivity index (χ3n) is 5.26. The summed E-state index contributed by atoms with van der Waals surface area (Å²) in [4.78, 5) is 34.5. The molecule has 9 heteroatoms. The van der Waals surface area contributed by atoms with Crippen LogP contribution in [0.25, 0.3) is 11.3 Å². The lowest BCUT2D eigenvalue weighted by atomic mass is 10.1. The van der Waals surface area contributed by atoms with Crippen LogP contribution in [0.3, 0.4) is 0 Å². The van der Waals surface area contributed by atoms with Crippen molar-refractivity contribution in [2.24, 2.45) is 12.8 Å². The number of nitrogens with two attached hydrogens (primary N) is 1. The number of hydrogen-bond donors (Lipinski definition) is 1. The number of anilines is 1. The van der Waals surface area contributed by atoms with Crippen molar-refractivity contribution in [3.8, 4) is 11.3 Å². The van der Waals surface area contributed by atoms with Crippen LogP contribution in [0.2, 0.25) is 0 Å². The summed E-state index contributed by atoms with van der Waals surface area (Å²) in [6.07, 6.45) is 2.92. The molecule has 1 aliphatic rings. The van der Waals surface area contributed by atoms with Crippen molar-refractivity contribution in [2.75, 3.05) is 24.6 Å². The second-order valence-corrected chi connectivity index (χ2v) is 7.34. The van der Waals surface area contributed by atoms with Gasteiger partial charge in [-0.1, -0.05) is 12.1 Å². The van der Waals surface area contributed by atoms with E-state index >= 15 is 0 Å². The van der Waals surface area contributed by atoms with Gasteiger partial charge in [0.25, 0.3) is 5.56 Å². The molecule has 0 unspecified atom stereocenters. The van der Waals surface area contributed by atoms with Crippen molar-refractivity contribution < 1.29 is 13.9 Å². The standard InChI is InChI=1S/C22H22FN5O3/c1-27-20(29)11-18(16-6-7-25-12-17(16)23)26-22(27)28-8-3-9-31-19(13-28)14-4-2-5-15(10-14)21(24)30/h2,4-7,10-12,19H,3,8-9,13H2,1H3,(H2,24,30)/t19-/m1/s1. The summed E-state index contributed by atoms with van der Waals surface area (Å²) < 4.78 is 21.7. The van der Waals surface area contributed by atoms with E-state index in [2.05, 4.69) is 9.97 Å². The second-order valence-electron chi connectivity index (χ2n) is 7.34. The van der Waals surface area contributed by atoms with Crippen molar-refractivity contribution in [3.63, 3.8) is 0 Å². The zero-order valence-electron chi connectivity index (χ0n) is 17.0. The van der Waals surface area contributed by atoms with E-state index in [1.165, 1.54) is 22.9 Å². The maximum atomic E-state index is 14.3. The Bertz CT molecular complexity index is 1180. The van der Waals surface area contributed by atoms with Gasteiger partial charge in [0.2, 0.25) is 11.9 Å². The van der Waals surface area contributed by atoms with Gasteiger partial charge in [0.1, 0.15) is 6.10 Å². The van der Waals surface area contributed by atoms with Crippen LogP contribution >= 0.6 is 0 Å². The van der Waals surface area contributed by atoms with E-state index in [9.17, 15) is 14.0 Å². The fraction of sp³-hybridized carbons (Fsp3) is 0.273. The van der Waals surface area contributed by atoms with Crippen LogP contribution in [-0.2, 0) is 11.8 Å². The molecule has 0 bridgehead atoms. The van der Waals surface area contributed by atoms with Gasteiger partial charge in [-0.2, -0.15) is 0 Å². The lowest BCUT2D eigenvalue weighted by molar-refractivity contribution is 0.0685. The van der Waals surface area contributed by atoms with Crippen LogP contribution in [0.1, 0.15) is 28.4 Å². The molecule has 3 aromatic rings. The minimum atomic E-state index is -0.547. The zero-order valence-corrected chi connectivity index (χ0v) is 17.0. The first-order valence-electron chi connectivity index (χ1n) is 9.88. The number of halogens is 1. The summed E-state index contributed by atoms with van der Waals surface area (Å²) in [5, 5.41) is 0. The molecule has 4 rings (SSSR count). The second kappa shape index (κ2) is 8.65. The van der Waals surface area contributed by atoms with E-state index in [1.54, 1.807) is 25.2 Å². The molecule has 0 radical (unpaired) electrons. The van der Waals surface area contributed by atoms with Gasteiger partial charge < -0.3 is 15.4 Å². The Morgan fingerprint density at radius 2 is 2.13 bits per heavy atom. The summed E-state index contributed by atoms with van der Waals surface area (Å²) in [6, 6.07) is 9.79. The molecule has 1 atom stereocenters. The number of rotatable bonds is 4. The Hall–Kier alpha value is -3.59. The number of aromatic nitrogens is 3. The molecule has 1 aliphatic heterocycles. The number of carbonyl (C=O) groups excluding carboxylic acids is 1. The average Bonchev–Trinajstić information content (AvgIpc) is 3.02. The van der Waals surface area contributed by atoms with Crippen LogP contribution in [0.15, 0.2) is 53.6 Å². The first kappa shape index (κ1) is 20.7. The van der Waals surface area contributed by atoms with Crippen LogP contribution in [-0.4, -0.2) is 40.1 Å². The molecule has 1 aromatic carbocycles. The van der Waals surface area contributed by atoms with E-state index in [0.29, 0.717) is 31.2 Å². The number of ether oxygens (including phenoxy) is 1. The highest BCUT2D eigenvalue weighted by Crippen LogP contribution is 2.27. The van der Waals surface area contributed by atoms with Crippen molar-refractivity contribution in [2.45, 2.75) is 12.5 Å². The summed E-state index contributed by atoms with van der Waals surface area (Å²) in [6.45, 7) is 1.52. The topological polar surface area (TPSA) is 103 Å². The smallest absolute Gasteiger partial charge is 0.255 e. The highest BCUT2D eigenvalue weighted by molar-refractivity contribution is 5.92. The van der Waals surface area contributed by atoms with Gasteiger partial charge in [-0.25, -0.2) is 9.37 Å². The Kier molecular flexibility index (Phi) is 5.77. The predicted octanol–water partition coefficient (Wildman–Crippen LogP) is 2.05. The quantitative estimate of drug-likeness (QED) is 0.689. The molecule has 0 aliphatic carbocycles. The van der Waals surface area contributed by atoms with Crippen LogP contribution in [0.5, 0.6) is 0 Å². The number of benzene rings is 1. The number of amides is 1. The number of primary amides is 1. The molecule has 1 fully saturated rings. The average molecular weight is 423 g/mol. The summed E-state index contributed by atoms with van der Waals surface area (Å²) >= 11 is 0. The Morgan fingerprint density at radius 1 is 1.29 bits per heavy atom. The number of carbonyl (C=O) groups is 1. The van der Waals surface area contributed by atoms with Gasteiger partial charge in [0.05, 0.1) is 18.4 Å². The molecular weight excluding hydrogens is 401 g/mol. The molecule has 3 heterocycles. The molecule has 8 nitrogen and oxygen atoms in total. The van der Waals surface area contributed by atoms with Crippen LogP contribution in [0, 0.1) is 5.82 Å². The Balaban J connectivity index is 1.71. The van der Waals surface area contributed by atoms with Gasteiger partial charge in [0.15, 0.2) is 5.82 Å². The summed E-state index contributed by atoms with van der Waals surface area (Å²) in [5.41, 5.74) is 6.78. The molecule has 1 amide bonds. The van der Waals surface area contributed by atoms with Gasteiger partial charge in [-0.15, -0.1) is 0 Å². The molecule has 0 saturated carbocycles. The molecular formula is C22H22FN5O3. The van der Waals surface area contributed by atoms with Gasteiger partial charge >= 0.3 is 0 Å². The number of pyridine rings is 1. The zero-order chi connectivity index (χ0) is 22.0. The molecule has 31 heavy (non-hydrogen) atoms. The first-order valence-corrected chi connectivity index (χ1v) is 9.88. The molecule has 2 aromatic heterocycles. The third kappa shape index (κ3) is 4.31. The lowest BCUT2D eigenvalue weighted by Crippen LogP contribution is -2.34. The highest BCUT2D eigenvalue weighted by atomic mass is 19.1. The number of nitrogens with zero attached hydrogens (tertiary/aromatic N) is 4. The summed E-state index contributed by atoms with van der Waals surface area (Å²) in [7, 11) is 1.63. The fourth-order valence-electron chi connectivity index (χ4n) is 3.63. The molecule has 0 spiro atoms. The van der Waals surface area contributed by atoms with Crippen molar-refractivity contribution >= 4 is 11.9 Å². The van der Waals surface area contributed by atoms with Crippen molar-refractivity contribution in [1.29, 1.82) is 0 Å². The Morgan fingerprint density at radius 3 is 2.90 bits per heavy atom. The maximum Gasteiger partial charge on any atom is 0.255 e. The van der Waals surface area contributed by atoms with Gasteiger partial charge in [-0.05, 0) is 30.2 Å². The minimum absolute atomic E-state index is 0.214. The highest BCUT2D eigenvalue weighted by Gasteiger charge is 2.24. The van der Waals surface area contributed by atoms with Crippen molar-refractivity contribution in [1.82, 2.24) is 14.5 Å². The summed E-state index contributed by atoms with van der Waals surface area (Å²) in [5.74, 6) is -0.640. The largest absolute Gasteiger partial charge is 0.372 e. The van der Waals surface area contributed by atoms with E-state index in [-0.39, 0.29) is 22.9 Å². The number of hydrogen-bond acceptors (Lipinski definition) is 6. The predicted molar refractivity (Wildman–Crippen MR) is 113 cm³/mol. The minimum Gasteiger partial charge on any atom is -0.372 e. The monoisotopic (exact) mass is 423 g/mol. The van der Waals surface area contributed by atoms with Crippen molar-refractivity contribution in [3.05, 3.63) is 76.1 Å². The third-order valence-corrected chi connectivity index (χ3v) is 5.26. The van der Waals surface area contributed by atoms with E-state index < -0.39 is 11.7 Å². The van der Waals surface area contributed by atoms with Gasteiger partial charge in [0, 0.05) is 43.6 Å².